The second-order valence-electron chi connectivity index (χ2n) is 10.3. The molecule has 0 saturated carbocycles. The Hall–Kier alpha value is -4.51. The molecule has 2 aliphatic heterocycles. The van der Waals surface area contributed by atoms with Gasteiger partial charge in [-0.2, -0.15) is 0 Å². The number of hydrogen-bond donors (Lipinski definition) is 0. The normalized spacial score (nSPS) is 22.0. The zero-order valence-corrected chi connectivity index (χ0v) is 24.3. The number of carbonyl (C=O) groups excluding carboxylic acids is 2. The van der Waals surface area contributed by atoms with Crippen LogP contribution in [0.25, 0.3) is 0 Å². The summed E-state index contributed by atoms with van der Waals surface area (Å²) < 4.78 is 34.7. The van der Waals surface area contributed by atoms with Crippen LogP contribution in [0.2, 0.25) is 0 Å². The second-order valence-corrected chi connectivity index (χ2v) is 10.3. The van der Waals surface area contributed by atoms with E-state index < -0.39 is 47.4 Å². The molecule has 0 amide bonds. The second kappa shape index (κ2) is 12.8. The van der Waals surface area contributed by atoms with Crippen LogP contribution in [0.15, 0.2) is 108 Å². The van der Waals surface area contributed by atoms with Crippen LogP contribution in [0.4, 0.5) is 0 Å². The molecule has 2 heterocycles. The number of methoxy groups -OCH3 is 2. The lowest BCUT2D eigenvalue weighted by Crippen LogP contribution is -2.39. The first-order valence-electron chi connectivity index (χ1n) is 13.7. The third kappa shape index (κ3) is 6.31. The van der Waals surface area contributed by atoms with Gasteiger partial charge in [-0.3, -0.25) is 0 Å². The summed E-state index contributed by atoms with van der Waals surface area (Å²) in [6, 6.07) is 29.9. The maximum Gasteiger partial charge on any atom is 0.377 e. The molecule has 224 valence electrons. The summed E-state index contributed by atoms with van der Waals surface area (Å²) in [5.41, 5.74) is 1.80. The van der Waals surface area contributed by atoms with E-state index in [0.29, 0.717) is 0 Å². The Morgan fingerprint density at radius 1 is 0.837 bits per heavy atom. The van der Waals surface area contributed by atoms with Gasteiger partial charge in [-0.15, -0.1) is 0 Å². The van der Waals surface area contributed by atoms with Crippen molar-refractivity contribution in [2.75, 3.05) is 20.8 Å². The van der Waals surface area contributed by atoms with Gasteiger partial charge in [0.15, 0.2) is 18.0 Å². The van der Waals surface area contributed by atoms with Crippen LogP contribution >= 0.6 is 0 Å². The summed E-state index contributed by atoms with van der Waals surface area (Å²) in [7, 11) is 2.31. The molecule has 3 aromatic rings. The average molecular weight is 588 g/mol. The smallest absolute Gasteiger partial charge is 0.377 e. The summed E-state index contributed by atoms with van der Waals surface area (Å²) >= 11 is 0. The van der Waals surface area contributed by atoms with Gasteiger partial charge in [0, 0.05) is 0 Å². The Balaban J connectivity index is 1.49. The minimum Gasteiger partial charge on any atom is -0.468 e. The summed E-state index contributed by atoms with van der Waals surface area (Å²) in [6.07, 6.45) is -1.22. The van der Waals surface area contributed by atoms with Gasteiger partial charge in [0.25, 0.3) is 5.90 Å². The first-order chi connectivity index (χ1) is 20.8. The fraction of sp³-hybridized carbons (Fsp3) is 0.303. The van der Waals surface area contributed by atoms with Crippen molar-refractivity contribution in [2.24, 2.45) is 5.16 Å². The molecule has 2 fully saturated rings. The Morgan fingerprint density at radius 3 is 1.86 bits per heavy atom. The zero-order valence-electron chi connectivity index (χ0n) is 24.3. The van der Waals surface area contributed by atoms with E-state index in [1.54, 1.807) is 13.8 Å². The quantitative estimate of drug-likeness (QED) is 0.112. The minimum atomic E-state index is -0.991. The SMILES string of the molecule is COC(=O)/C=C(\O/N=C1/OC(COC(c2ccccc2)(c2ccccc2)c2ccccc2)C2OC(C)(C)OC12)C(=O)OC. The topological polar surface area (TPSA) is 111 Å². The molecule has 0 N–H and O–H groups in total. The Kier molecular flexibility index (Phi) is 8.91. The highest BCUT2D eigenvalue weighted by Gasteiger charge is 2.56. The Labute approximate surface area is 249 Å². The van der Waals surface area contributed by atoms with Crippen LogP contribution in [-0.2, 0) is 48.4 Å². The average Bonchev–Trinajstić information content (AvgIpc) is 3.53. The van der Waals surface area contributed by atoms with Gasteiger partial charge in [-0.25, -0.2) is 9.59 Å². The van der Waals surface area contributed by atoms with Crippen LogP contribution in [0.1, 0.15) is 30.5 Å². The summed E-state index contributed by atoms with van der Waals surface area (Å²) in [5.74, 6) is -3.17. The molecule has 0 bridgehead atoms. The molecule has 43 heavy (non-hydrogen) atoms. The molecule has 0 aliphatic carbocycles. The lowest BCUT2D eigenvalue weighted by molar-refractivity contribution is -0.165. The number of fused-ring (bicyclic) bond motifs is 1. The number of benzene rings is 3. The predicted octanol–water partition coefficient (Wildman–Crippen LogP) is 4.47. The molecule has 0 aromatic heterocycles. The predicted molar refractivity (Wildman–Crippen MR) is 154 cm³/mol. The third-order valence-electron chi connectivity index (χ3n) is 7.09. The molecule has 3 atom stereocenters. The van der Waals surface area contributed by atoms with E-state index in [9.17, 15) is 9.59 Å². The maximum atomic E-state index is 12.2. The van der Waals surface area contributed by atoms with Crippen molar-refractivity contribution in [3.05, 3.63) is 120 Å². The number of carbonyl (C=O) groups is 2. The van der Waals surface area contributed by atoms with Crippen molar-refractivity contribution < 1.29 is 42.8 Å². The van der Waals surface area contributed by atoms with Crippen molar-refractivity contribution in [1.82, 2.24) is 0 Å². The first-order valence-corrected chi connectivity index (χ1v) is 13.7. The standard InChI is InChI=1S/C33H33NO9/c1-32(2)41-28-26(40-30(29(28)42-32)34-43-25(31(36)38-4)20-27(35)37-3)21-39-33(22-14-8-5-9-15-22,23-16-10-6-11-17-23)24-18-12-7-13-19-24/h5-20,26,28-29H,21H2,1-4H3/b25-20-,34-30+. The molecular formula is C33H33NO9. The minimum absolute atomic E-state index is 0.0218. The molecule has 0 radical (unpaired) electrons. The zero-order chi connectivity index (χ0) is 30.5. The molecule has 2 saturated heterocycles. The van der Waals surface area contributed by atoms with E-state index in [2.05, 4.69) is 14.6 Å². The number of oxime groups is 1. The van der Waals surface area contributed by atoms with Gasteiger partial charge in [0.1, 0.15) is 11.7 Å². The first kappa shape index (κ1) is 30.0. The molecular weight excluding hydrogens is 554 g/mol. The van der Waals surface area contributed by atoms with E-state index in [-0.39, 0.29) is 12.5 Å². The Bertz CT molecular complexity index is 1380. The number of nitrogens with zero attached hydrogens (tertiary/aromatic N) is 1. The van der Waals surface area contributed by atoms with E-state index in [1.807, 2.05) is 91.0 Å². The largest absolute Gasteiger partial charge is 0.468 e. The molecule has 3 aromatic carbocycles. The van der Waals surface area contributed by atoms with Gasteiger partial charge < -0.3 is 33.3 Å². The van der Waals surface area contributed by atoms with Gasteiger partial charge in [0.05, 0.1) is 26.9 Å². The summed E-state index contributed by atoms with van der Waals surface area (Å²) in [6.45, 7) is 3.63. The Morgan fingerprint density at radius 2 is 1.37 bits per heavy atom. The van der Waals surface area contributed by atoms with Crippen LogP contribution in [-0.4, -0.2) is 62.8 Å². The van der Waals surface area contributed by atoms with Crippen molar-refractivity contribution in [3.63, 3.8) is 0 Å². The van der Waals surface area contributed by atoms with Crippen LogP contribution < -0.4 is 0 Å². The molecule has 10 heteroatoms. The van der Waals surface area contributed by atoms with Crippen LogP contribution in [0.3, 0.4) is 0 Å². The number of esters is 2. The fourth-order valence-electron chi connectivity index (χ4n) is 5.20. The third-order valence-corrected chi connectivity index (χ3v) is 7.09. The highest BCUT2D eigenvalue weighted by atomic mass is 16.8. The molecule has 2 aliphatic rings. The van der Waals surface area contributed by atoms with Gasteiger partial charge in [-0.1, -0.05) is 91.0 Å². The van der Waals surface area contributed by atoms with Crippen LogP contribution in [0.5, 0.6) is 0 Å². The van der Waals surface area contributed by atoms with Crippen molar-refractivity contribution >= 4 is 17.8 Å². The van der Waals surface area contributed by atoms with E-state index in [4.69, 9.17) is 23.8 Å². The fourth-order valence-corrected chi connectivity index (χ4v) is 5.20. The molecule has 5 rings (SSSR count). The van der Waals surface area contributed by atoms with Gasteiger partial charge in [-0.05, 0) is 35.7 Å². The van der Waals surface area contributed by atoms with Gasteiger partial charge >= 0.3 is 11.9 Å². The highest BCUT2D eigenvalue weighted by molar-refractivity contribution is 5.94. The monoisotopic (exact) mass is 587 g/mol. The lowest BCUT2D eigenvalue weighted by Gasteiger charge is -2.37. The van der Waals surface area contributed by atoms with Crippen molar-refractivity contribution in [2.45, 2.75) is 43.5 Å². The summed E-state index contributed by atoms with van der Waals surface area (Å²) in [4.78, 5) is 29.2. The molecule has 10 nitrogen and oxygen atoms in total. The molecule has 3 unspecified atom stereocenters. The summed E-state index contributed by atoms with van der Waals surface area (Å²) in [5, 5.41) is 4.01. The van der Waals surface area contributed by atoms with Gasteiger partial charge in [0.2, 0.25) is 5.76 Å². The maximum absolute atomic E-state index is 12.2. The van der Waals surface area contributed by atoms with E-state index >= 15 is 0 Å². The van der Waals surface area contributed by atoms with E-state index in [0.717, 1.165) is 29.9 Å². The van der Waals surface area contributed by atoms with Crippen LogP contribution in [0, 0.1) is 0 Å². The number of ether oxygens (including phenoxy) is 6. The lowest BCUT2D eigenvalue weighted by atomic mass is 9.80. The van der Waals surface area contributed by atoms with Crippen molar-refractivity contribution in [3.8, 4) is 0 Å². The van der Waals surface area contributed by atoms with Crippen molar-refractivity contribution in [1.29, 1.82) is 0 Å². The number of hydrogen-bond acceptors (Lipinski definition) is 10. The number of rotatable bonds is 10. The van der Waals surface area contributed by atoms with E-state index in [1.165, 1.54) is 7.11 Å². The molecule has 0 spiro atoms. The highest BCUT2D eigenvalue weighted by Crippen LogP contribution is 2.42.